The van der Waals surface area contributed by atoms with Gasteiger partial charge in [0.05, 0.1) is 23.0 Å². The molecule has 1 heterocycles. The highest BCUT2D eigenvalue weighted by atomic mass is 35.5. The average molecular weight is 410 g/mol. The van der Waals surface area contributed by atoms with Crippen LogP contribution in [-0.4, -0.2) is 30.7 Å². The molecule has 144 valence electrons. The van der Waals surface area contributed by atoms with Gasteiger partial charge in [0.25, 0.3) is 0 Å². The van der Waals surface area contributed by atoms with E-state index in [2.05, 4.69) is 71.6 Å². The summed E-state index contributed by atoms with van der Waals surface area (Å²) in [4.78, 5) is 3.59. The Morgan fingerprint density at radius 1 is 0.929 bits per heavy atom. The van der Waals surface area contributed by atoms with Gasteiger partial charge >= 0.3 is 0 Å². The van der Waals surface area contributed by atoms with E-state index in [0.717, 1.165) is 36.2 Å². The third-order valence-corrected chi connectivity index (χ3v) is 6.86. The van der Waals surface area contributed by atoms with E-state index in [0.29, 0.717) is 0 Å². The Hall–Kier alpha value is -1.78. The lowest BCUT2D eigenvalue weighted by Crippen LogP contribution is -2.44. The highest BCUT2D eigenvalue weighted by Gasteiger charge is 2.30. The number of ether oxygens (including phenoxy) is 1. The summed E-state index contributed by atoms with van der Waals surface area (Å²) in [5.74, 6) is 0. The molecule has 1 fully saturated rings. The van der Waals surface area contributed by atoms with Gasteiger partial charge in [-0.1, -0.05) is 84.4 Å². The molecule has 28 heavy (non-hydrogen) atoms. The Kier molecular flexibility index (Phi) is 6.71. The number of hydrogen-bond acceptors (Lipinski definition) is 3. The first-order valence-corrected chi connectivity index (χ1v) is 10.9. The number of thioether (sulfide) groups is 1. The topological polar surface area (TPSA) is 12.5 Å². The van der Waals surface area contributed by atoms with Crippen LogP contribution in [0, 0.1) is 0 Å². The molecule has 0 aliphatic carbocycles. The van der Waals surface area contributed by atoms with Gasteiger partial charge < -0.3 is 4.74 Å². The normalized spacial score (nSPS) is 18.7. The van der Waals surface area contributed by atoms with Crippen molar-refractivity contribution in [3.8, 4) is 0 Å². The second kappa shape index (κ2) is 9.62. The predicted octanol–water partition coefficient (Wildman–Crippen LogP) is 6.07. The van der Waals surface area contributed by atoms with Gasteiger partial charge in [-0.05, 0) is 23.3 Å². The van der Waals surface area contributed by atoms with Gasteiger partial charge in [0.2, 0.25) is 0 Å². The van der Waals surface area contributed by atoms with Gasteiger partial charge in [-0.2, -0.15) is 0 Å². The summed E-state index contributed by atoms with van der Waals surface area (Å²) in [6.07, 6.45) is 0.112. The molecule has 0 unspecified atom stereocenters. The van der Waals surface area contributed by atoms with Crippen molar-refractivity contribution in [2.24, 2.45) is 0 Å². The average Bonchev–Trinajstić information content (AvgIpc) is 2.75. The fraction of sp³-hybridized carbons (Fsp3) is 0.250. The van der Waals surface area contributed by atoms with E-state index < -0.39 is 0 Å². The molecular formula is C24H24ClNOS. The molecule has 1 aliphatic heterocycles. The van der Waals surface area contributed by atoms with Crippen molar-refractivity contribution in [3.05, 3.63) is 101 Å². The second-order valence-corrected chi connectivity index (χ2v) is 8.60. The summed E-state index contributed by atoms with van der Waals surface area (Å²) < 4.78 is 6.27. The third kappa shape index (κ3) is 4.98. The summed E-state index contributed by atoms with van der Waals surface area (Å²) in [5, 5.41) is 0.991. The summed E-state index contributed by atoms with van der Waals surface area (Å²) in [6.45, 7) is 3.58. The lowest BCUT2D eigenvalue weighted by atomic mass is 10.1. The Morgan fingerprint density at radius 3 is 2.36 bits per heavy atom. The maximum Gasteiger partial charge on any atom is 0.0865 e. The van der Waals surface area contributed by atoms with Crippen LogP contribution in [0.1, 0.15) is 16.4 Å². The number of hydrogen-bond donors (Lipinski definition) is 0. The van der Waals surface area contributed by atoms with Gasteiger partial charge in [-0.15, -0.1) is 11.8 Å². The monoisotopic (exact) mass is 409 g/mol. The van der Waals surface area contributed by atoms with Gasteiger partial charge in [-0.3, -0.25) is 4.90 Å². The van der Waals surface area contributed by atoms with Crippen molar-refractivity contribution in [1.29, 1.82) is 0 Å². The zero-order valence-corrected chi connectivity index (χ0v) is 17.3. The van der Waals surface area contributed by atoms with Gasteiger partial charge in [-0.25, -0.2) is 0 Å². The van der Waals surface area contributed by atoms with Crippen molar-refractivity contribution in [3.63, 3.8) is 0 Å². The third-order valence-electron chi connectivity index (χ3n) is 4.98. The van der Waals surface area contributed by atoms with E-state index in [9.17, 15) is 0 Å². The van der Waals surface area contributed by atoms with Gasteiger partial charge in [0.1, 0.15) is 0 Å². The largest absolute Gasteiger partial charge is 0.374 e. The van der Waals surface area contributed by atoms with E-state index in [-0.39, 0.29) is 11.4 Å². The number of nitrogens with zero attached hydrogens (tertiary/aromatic N) is 1. The van der Waals surface area contributed by atoms with Crippen LogP contribution in [0.4, 0.5) is 0 Å². The minimum absolute atomic E-state index is 0.112. The van der Waals surface area contributed by atoms with Crippen molar-refractivity contribution in [2.45, 2.75) is 22.8 Å². The predicted molar refractivity (Wildman–Crippen MR) is 118 cm³/mol. The lowest BCUT2D eigenvalue weighted by Gasteiger charge is -2.37. The molecular weight excluding hydrogens is 386 g/mol. The van der Waals surface area contributed by atoms with Crippen LogP contribution >= 0.6 is 23.4 Å². The molecule has 0 radical (unpaired) electrons. The van der Waals surface area contributed by atoms with Crippen LogP contribution in [-0.2, 0) is 11.3 Å². The fourth-order valence-corrected chi connectivity index (χ4v) is 5.07. The first-order chi connectivity index (χ1) is 13.8. The maximum absolute atomic E-state index is 6.46. The minimum Gasteiger partial charge on any atom is -0.374 e. The molecule has 0 spiro atoms. The van der Waals surface area contributed by atoms with Crippen LogP contribution < -0.4 is 0 Å². The zero-order valence-electron chi connectivity index (χ0n) is 15.7. The van der Waals surface area contributed by atoms with Gasteiger partial charge in [0.15, 0.2) is 0 Å². The van der Waals surface area contributed by atoms with Crippen LogP contribution in [0.25, 0.3) is 0 Å². The molecule has 3 aromatic rings. The van der Waals surface area contributed by atoms with Crippen molar-refractivity contribution < 1.29 is 4.74 Å². The summed E-state index contributed by atoms with van der Waals surface area (Å²) in [7, 11) is 0. The van der Waals surface area contributed by atoms with Crippen molar-refractivity contribution in [2.75, 3.05) is 19.7 Å². The van der Waals surface area contributed by atoms with Crippen LogP contribution in [0.15, 0.2) is 89.8 Å². The number of benzene rings is 3. The van der Waals surface area contributed by atoms with Crippen LogP contribution in [0.3, 0.4) is 0 Å². The van der Waals surface area contributed by atoms with Crippen molar-refractivity contribution >= 4 is 23.4 Å². The molecule has 0 amide bonds. The first-order valence-electron chi connectivity index (χ1n) is 9.63. The fourth-order valence-electron chi connectivity index (χ4n) is 3.58. The standard InChI is InChI=1S/C24H24ClNOS/c25-21-13-7-8-14-23(21)28-24(20-11-5-2-6-12-20)22-18-26(15-16-27-22)17-19-9-3-1-4-10-19/h1-14,22,24H,15-18H2/t22-,24-/m0/s1. The number of rotatable bonds is 6. The van der Waals surface area contributed by atoms with Crippen LogP contribution in [0.2, 0.25) is 5.02 Å². The van der Waals surface area contributed by atoms with Gasteiger partial charge in [0, 0.05) is 24.5 Å². The highest BCUT2D eigenvalue weighted by molar-refractivity contribution is 7.99. The quantitative estimate of drug-likeness (QED) is 0.458. The SMILES string of the molecule is Clc1ccccc1S[C@@H](c1ccccc1)[C@@H]1CN(Cc2ccccc2)CCO1. The Balaban J connectivity index is 1.54. The maximum atomic E-state index is 6.46. The molecule has 2 atom stereocenters. The Bertz CT molecular complexity index is 874. The second-order valence-electron chi connectivity index (χ2n) is 7.01. The molecule has 0 N–H and O–H groups in total. The molecule has 3 aromatic carbocycles. The number of morpholine rings is 1. The lowest BCUT2D eigenvalue weighted by molar-refractivity contribution is -0.0319. The van der Waals surface area contributed by atoms with E-state index >= 15 is 0 Å². The molecule has 0 bridgehead atoms. The van der Waals surface area contributed by atoms with E-state index in [4.69, 9.17) is 16.3 Å². The first kappa shape index (κ1) is 19.5. The molecule has 2 nitrogen and oxygen atoms in total. The van der Waals surface area contributed by atoms with Crippen molar-refractivity contribution in [1.82, 2.24) is 4.90 Å². The summed E-state index contributed by atoms with van der Waals surface area (Å²) >= 11 is 8.26. The summed E-state index contributed by atoms with van der Waals surface area (Å²) in [6, 6.07) is 29.4. The van der Waals surface area contributed by atoms with Crippen LogP contribution in [0.5, 0.6) is 0 Å². The zero-order chi connectivity index (χ0) is 19.2. The molecule has 4 rings (SSSR count). The molecule has 0 saturated carbocycles. The molecule has 0 aromatic heterocycles. The highest BCUT2D eigenvalue weighted by Crippen LogP contribution is 2.42. The number of halogens is 1. The molecule has 1 aliphatic rings. The van der Waals surface area contributed by atoms with E-state index in [1.54, 1.807) is 11.8 Å². The molecule has 4 heteroatoms. The molecule has 1 saturated heterocycles. The summed E-state index contributed by atoms with van der Waals surface area (Å²) in [5.41, 5.74) is 2.62. The van der Waals surface area contributed by atoms with E-state index in [1.807, 2.05) is 18.2 Å². The minimum atomic E-state index is 0.112. The van der Waals surface area contributed by atoms with E-state index in [1.165, 1.54) is 11.1 Å². The Labute approximate surface area is 176 Å². The Morgan fingerprint density at radius 2 is 1.61 bits per heavy atom. The smallest absolute Gasteiger partial charge is 0.0865 e.